The fourth-order valence-corrected chi connectivity index (χ4v) is 7.82. The van der Waals surface area contributed by atoms with Gasteiger partial charge in [-0.15, -0.1) is 0 Å². The minimum atomic E-state index is -0.135. The first-order valence-electron chi connectivity index (χ1n) is 15.9. The predicted molar refractivity (Wildman–Crippen MR) is 192 cm³/mol. The molecule has 0 radical (unpaired) electrons. The third-order valence-corrected chi connectivity index (χ3v) is 10.1. The highest BCUT2D eigenvalue weighted by Crippen LogP contribution is 2.51. The zero-order valence-corrected chi connectivity index (χ0v) is 25.6. The van der Waals surface area contributed by atoms with Crippen LogP contribution in [-0.4, -0.2) is 14.5 Å². The Morgan fingerprint density at radius 1 is 0.478 bits per heavy atom. The lowest BCUT2D eigenvalue weighted by Crippen LogP contribution is -2.15. The Balaban J connectivity index is 1.23. The molecule has 0 N–H and O–H groups in total. The molecular formula is C43H29N3. The summed E-state index contributed by atoms with van der Waals surface area (Å²) in [6, 6.07) is 50.5. The first kappa shape index (κ1) is 25.5. The average molecular weight is 588 g/mol. The molecular weight excluding hydrogens is 558 g/mol. The van der Waals surface area contributed by atoms with Gasteiger partial charge in [0.1, 0.15) is 0 Å². The van der Waals surface area contributed by atoms with E-state index in [4.69, 9.17) is 9.97 Å². The molecule has 10 rings (SSSR count). The van der Waals surface area contributed by atoms with Crippen LogP contribution < -0.4 is 0 Å². The van der Waals surface area contributed by atoms with Gasteiger partial charge < -0.3 is 0 Å². The predicted octanol–water partition coefficient (Wildman–Crippen LogP) is 11.0. The summed E-state index contributed by atoms with van der Waals surface area (Å²) < 4.78 is 2.24. The summed E-state index contributed by atoms with van der Waals surface area (Å²) in [4.78, 5) is 10.6. The maximum Gasteiger partial charge on any atom is 0.235 e. The summed E-state index contributed by atoms with van der Waals surface area (Å²) >= 11 is 0. The van der Waals surface area contributed by atoms with E-state index in [0.29, 0.717) is 5.95 Å². The van der Waals surface area contributed by atoms with Crippen LogP contribution in [0.2, 0.25) is 0 Å². The van der Waals surface area contributed by atoms with Crippen LogP contribution in [0.3, 0.4) is 0 Å². The van der Waals surface area contributed by atoms with Gasteiger partial charge in [-0.05, 0) is 86.3 Å². The third kappa shape index (κ3) is 3.48. The van der Waals surface area contributed by atoms with Crippen molar-refractivity contribution in [2.75, 3.05) is 0 Å². The number of hydrogen-bond donors (Lipinski definition) is 0. The molecule has 0 spiro atoms. The van der Waals surface area contributed by atoms with Crippen molar-refractivity contribution >= 4 is 54.3 Å². The first-order chi connectivity index (χ1) is 22.5. The van der Waals surface area contributed by atoms with Crippen LogP contribution in [0.4, 0.5) is 0 Å². The van der Waals surface area contributed by atoms with Gasteiger partial charge in [0, 0.05) is 27.1 Å². The highest BCUT2D eigenvalue weighted by Gasteiger charge is 2.36. The van der Waals surface area contributed by atoms with Crippen LogP contribution in [-0.2, 0) is 5.41 Å². The Morgan fingerprint density at radius 3 is 1.91 bits per heavy atom. The normalized spacial score (nSPS) is 13.6. The standard InChI is InChI=1S/C43H29N3/c1-43(2)36-24-30(19-20-31(36)34-21-26-11-3-5-13-28(26)23-37(34)43)41-33-16-7-9-17-38(33)44-42(45-41)46-39-18-10-8-15-32(39)35-22-27-12-4-6-14-29(27)25-40(35)46/h3-25H,1-2H3. The van der Waals surface area contributed by atoms with Crippen molar-refractivity contribution in [2.24, 2.45) is 0 Å². The molecule has 0 amide bonds. The number of benzene rings is 7. The van der Waals surface area contributed by atoms with Crippen molar-refractivity contribution in [1.29, 1.82) is 0 Å². The fourth-order valence-electron chi connectivity index (χ4n) is 7.82. The molecule has 2 aromatic heterocycles. The molecule has 7 aromatic carbocycles. The highest BCUT2D eigenvalue weighted by atomic mass is 15.2. The molecule has 2 heterocycles. The molecule has 3 heteroatoms. The molecule has 216 valence electrons. The van der Waals surface area contributed by atoms with Gasteiger partial charge >= 0.3 is 0 Å². The second-order valence-corrected chi connectivity index (χ2v) is 13.1. The van der Waals surface area contributed by atoms with Crippen molar-refractivity contribution < 1.29 is 0 Å². The molecule has 9 aromatic rings. The molecule has 3 nitrogen and oxygen atoms in total. The number of rotatable bonds is 2. The summed E-state index contributed by atoms with van der Waals surface area (Å²) in [6.45, 7) is 4.70. The van der Waals surface area contributed by atoms with Gasteiger partial charge in [0.25, 0.3) is 0 Å². The average Bonchev–Trinajstić information content (AvgIpc) is 3.53. The van der Waals surface area contributed by atoms with Crippen LogP contribution in [0.15, 0.2) is 140 Å². The van der Waals surface area contributed by atoms with E-state index >= 15 is 0 Å². The second kappa shape index (κ2) is 9.12. The number of hydrogen-bond acceptors (Lipinski definition) is 2. The number of fused-ring (bicyclic) bond motifs is 9. The van der Waals surface area contributed by atoms with Crippen LogP contribution in [0, 0.1) is 0 Å². The lowest BCUT2D eigenvalue weighted by Gasteiger charge is -2.22. The summed E-state index contributed by atoms with van der Waals surface area (Å²) in [5.74, 6) is 0.685. The molecule has 0 saturated carbocycles. The third-order valence-electron chi connectivity index (χ3n) is 10.1. The Bertz CT molecular complexity index is 2730. The van der Waals surface area contributed by atoms with E-state index in [1.165, 1.54) is 54.6 Å². The molecule has 0 atom stereocenters. The summed E-state index contributed by atoms with van der Waals surface area (Å²) in [5, 5.41) is 8.45. The van der Waals surface area contributed by atoms with Crippen LogP contribution >= 0.6 is 0 Å². The van der Waals surface area contributed by atoms with E-state index in [0.717, 1.165) is 33.2 Å². The van der Waals surface area contributed by atoms with Gasteiger partial charge in [0.05, 0.1) is 22.2 Å². The van der Waals surface area contributed by atoms with Crippen molar-refractivity contribution in [3.05, 3.63) is 151 Å². The lowest BCUT2D eigenvalue weighted by molar-refractivity contribution is 0.661. The van der Waals surface area contributed by atoms with E-state index < -0.39 is 0 Å². The van der Waals surface area contributed by atoms with Gasteiger partial charge in [0.15, 0.2) is 0 Å². The maximum atomic E-state index is 5.41. The molecule has 0 aliphatic heterocycles. The van der Waals surface area contributed by atoms with Crippen molar-refractivity contribution in [2.45, 2.75) is 19.3 Å². The van der Waals surface area contributed by atoms with Gasteiger partial charge in [-0.25, -0.2) is 9.97 Å². The quantitative estimate of drug-likeness (QED) is 0.201. The SMILES string of the molecule is CC1(C)c2cc(-c3nc(-n4c5ccccc5c5cc6ccccc6cc54)nc4ccccc34)ccc2-c2cc3ccccc3cc21. The van der Waals surface area contributed by atoms with E-state index in [2.05, 4.69) is 158 Å². The minimum Gasteiger partial charge on any atom is -0.278 e. The lowest BCUT2D eigenvalue weighted by atomic mass is 9.81. The van der Waals surface area contributed by atoms with E-state index in [9.17, 15) is 0 Å². The molecule has 1 aliphatic carbocycles. The summed E-state index contributed by atoms with van der Waals surface area (Å²) in [5.41, 5.74) is 10.4. The Hall–Kier alpha value is -5.80. The van der Waals surface area contributed by atoms with Crippen LogP contribution in [0.25, 0.3) is 82.6 Å². The summed E-state index contributed by atoms with van der Waals surface area (Å²) in [6.07, 6.45) is 0. The Morgan fingerprint density at radius 2 is 1.11 bits per heavy atom. The van der Waals surface area contributed by atoms with Gasteiger partial charge in [-0.3, -0.25) is 4.57 Å². The topological polar surface area (TPSA) is 30.7 Å². The summed E-state index contributed by atoms with van der Waals surface area (Å²) in [7, 11) is 0. The minimum absolute atomic E-state index is 0.135. The highest BCUT2D eigenvalue weighted by molar-refractivity contribution is 6.13. The van der Waals surface area contributed by atoms with Crippen molar-refractivity contribution in [3.8, 4) is 28.3 Å². The molecule has 46 heavy (non-hydrogen) atoms. The van der Waals surface area contributed by atoms with Gasteiger partial charge in [-0.1, -0.05) is 111 Å². The van der Waals surface area contributed by atoms with Crippen molar-refractivity contribution in [1.82, 2.24) is 14.5 Å². The number of nitrogens with zero attached hydrogens (tertiary/aromatic N) is 3. The largest absolute Gasteiger partial charge is 0.278 e. The molecule has 0 unspecified atom stereocenters. The van der Waals surface area contributed by atoms with E-state index in [1.807, 2.05) is 0 Å². The maximum absolute atomic E-state index is 5.41. The van der Waals surface area contributed by atoms with Gasteiger partial charge in [0.2, 0.25) is 5.95 Å². The Kier molecular flexibility index (Phi) is 5.06. The van der Waals surface area contributed by atoms with Crippen LogP contribution in [0.5, 0.6) is 0 Å². The smallest absolute Gasteiger partial charge is 0.235 e. The monoisotopic (exact) mass is 587 g/mol. The number of aromatic nitrogens is 3. The molecule has 0 fully saturated rings. The fraction of sp³-hybridized carbons (Fsp3) is 0.0698. The van der Waals surface area contributed by atoms with Crippen molar-refractivity contribution in [3.63, 3.8) is 0 Å². The van der Waals surface area contributed by atoms with Gasteiger partial charge in [-0.2, -0.15) is 0 Å². The zero-order chi connectivity index (χ0) is 30.6. The Labute approximate surface area is 266 Å². The zero-order valence-electron chi connectivity index (χ0n) is 25.6. The van der Waals surface area contributed by atoms with E-state index in [1.54, 1.807) is 0 Å². The first-order valence-corrected chi connectivity index (χ1v) is 15.9. The van der Waals surface area contributed by atoms with Crippen LogP contribution in [0.1, 0.15) is 25.0 Å². The number of para-hydroxylation sites is 2. The van der Waals surface area contributed by atoms with E-state index in [-0.39, 0.29) is 5.41 Å². The molecule has 0 bridgehead atoms. The second-order valence-electron chi connectivity index (χ2n) is 13.1. The molecule has 0 saturated heterocycles. The molecule has 1 aliphatic rings.